The molecule has 0 saturated carbocycles. The third-order valence-electron chi connectivity index (χ3n) is 3.37. The molecule has 5 heteroatoms. The van der Waals surface area contributed by atoms with E-state index >= 15 is 0 Å². The second kappa shape index (κ2) is 5.69. The van der Waals surface area contributed by atoms with E-state index in [9.17, 15) is 4.79 Å². The molecule has 1 atom stereocenters. The Hall–Kier alpha value is -1.78. The summed E-state index contributed by atoms with van der Waals surface area (Å²) in [7, 11) is 1.81. The summed E-state index contributed by atoms with van der Waals surface area (Å²) in [5.74, 6) is 0.965. The van der Waals surface area contributed by atoms with Crippen LogP contribution < -0.4 is 4.90 Å². The largest absolute Gasteiger partial charge is 0.444 e. The van der Waals surface area contributed by atoms with Crippen LogP contribution in [0, 0.1) is 0 Å². The molecule has 0 radical (unpaired) electrons. The Morgan fingerprint density at radius 2 is 2.20 bits per heavy atom. The van der Waals surface area contributed by atoms with Gasteiger partial charge in [-0.05, 0) is 39.3 Å². The van der Waals surface area contributed by atoms with Crippen LogP contribution in [0.5, 0.6) is 0 Å². The zero-order valence-electron chi connectivity index (χ0n) is 12.7. The zero-order chi connectivity index (χ0) is 14.8. The predicted molar refractivity (Wildman–Crippen MR) is 78.9 cm³/mol. The van der Waals surface area contributed by atoms with Gasteiger partial charge in [0.15, 0.2) is 0 Å². The highest BCUT2D eigenvalue weighted by Gasteiger charge is 2.31. The maximum Gasteiger partial charge on any atom is 0.410 e. The van der Waals surface area contributed by atoms with E-state index in [-0.39, 0.29) is 12.1 Å². The molecule has 1 aliphatic rings. The standard InChI is InChI=1S/C15H23N3O2/c1-15(2,3)20-14(19)17(4)12-8-10-18(11-12)13-7-5-6-9-16-13/h5-7,9,12H,8,10-11H2,1-4H3. The van der Waals surface area contributed by atoms with Crippen LogP contribution in [-0.2, 0) is 4.74 Å². The lowest BCUT2D eigenvalue weighted by Gasteiger charge is -2.28. The number of aromatic nitrogens is 1. The van der Waals surface area contributed by atoms with Gasteiger partial charge in [0.05, 0.1) is 6.04 Å². The van der Waals surface area contributed by atoms with Crippen molar-refractivity contribution in [2.45, 2.75) is 38.8 Å². The number of rotatable bonds is 2. The Morgan fingerprint density at radius 1 is 1.45 bits per heavy atom. The summed E-state index contributed by atoms with van der Waals surface area (Å²) in [6.45, 7) is 7.36. The highest BCUT2D eigenvalue weighted by atomic mass is 16.6. The number of amides is 1. The van der Waals surface area contributed by atoms with Gasteiger partial charge in [-0.3, -0.25) is 0 Å². The molecule has 1 aromatic heterocycles. The Bertz CT molecular complexity index is 456. The van der Waals surface area contributed by atoms with Crippen LogP contribution in [0.25, 0.3) is 0 Å². The highest BCUT2D eigenvalue weighted by molar-refractivity contribution is 5.68. The molecule has 1 saturated heterocycles. The van der Waals surface area contributed by atoms with Crippen molar-refractivity contribution in [1.82, 2.24) is 9.88 Å². The molecule has 5 nitrogen and oxygen atoms in total. The lowest BCUT2D eigenvalue weighted by Crippen LogP contribution is -2.42. The predicted octanol–water partition coefficient (Wildman–Crippen LogP) is 2.53. The van der Waals surface area contributed by atoms with Crippen LogP contribution in [0.1, 0.15) is 27.2 Å². The Kier molecular flexibility index (Phi) is 4.16. The highest BCUT2D eigenvalue weighted by Crippen LogP contribution is 2.21. The van der Waals surface area contributed by atoms with Gasteiger partial charge in [0.25, 0.3) is 0 Å². The summed E-state index contributed by atoms with van der Waals surface area (Å²) < 4.78 is 5.41. The Morgan fingerprint density at radius 3 is 2.80 bits per heavy atom. The number of carbonyl (C=O) groups excluding carboxylic acids is 1. The van der Waals surface area contributed by atoms with Crippen molar-refractivity contribution in [3.63, 3.8) is 0 Å². The average Bonchev–Trinajstić information content (AvgIpc) is 2.86. The number of ether oxygens (including phenoxy) is 1. The lowest BCUT2D eigenvalue weighted by atomic mass is 10.2. The summed E-state index contributed by atoms with van der Waals surface area (Å²) >= 11 is 0. The van der Waals surface area contributed by atoms with Crippen molar-refractivity contribution in [2.24, 2.45) is 0 Å². The molecule has 2 heterocycles. The van der Waals surface area contributed by atoms with Gasteiger partial charge < -0.3 is 14.5 Å². The van der Waals surface area contributed by atoms with Gasteiger partial charge in [-0.25, -0.2) is 9.78 Å². The number of hydrogen-bond acceptors (Lipinski definition) is 4. The monoisotopic (exact) mass is 277 g/mol. The first-order valence-electron chi connectivity index (χ1n) is 6.98. The second-order valence-electron chi connectivity index (χ2n) is 6.17. The molecule has 110 valence electrons. The smallest absolute Gasteiger partial charge is 0.410 e. The maximum absolute atomic E-state index is 12.1. The van der Waals surface area contributed by atoms with Crippen molar-refractivity contribution in [1.29, 1.82) is 0 Å². The molecule has 0 aliphatic carbocycles. The molecule has 1 aromatic rings. The van der Waals surface area contributed by atoms with E-state index in [0.29, 0.717) is 0 Å². The third-order valence-corrected chi connectivity index (χ3v) is 3.37. The van der Waals surface area contributed by atoms with E-state index in [4.69, 9.17) is 4.74 Å². The minimum Gasteiger partial charge on any atom is -0.444 e. The van der Waals surface area contributed by atoms with E-state index in [1.165, 1.54) is 0 Å². The summed E-state index contributed by atoms with van der Waals surface area (Å²) in [5, 5.41) is 0. The molecule has 1 amide bonds. The molecular formula is C15H23N3O2. The fraction of sp³-hybridized carbons (Fsp3) is 0.600. The van der Waals surface area contributed by atoms with E-state index in [1.54, 1.807) is 18.1 Å². The van der Waals surface area contributed by atoms with Crippen LogP contribution >= 0.6 is 0 Å². The number of carbonyl (C=O) groups is 1. The quantitative estimate of drug-likeness (QED) is 0.833. The van der Waals surface area contributed by atoms with Crippen molar-refractivity contribution in [3.05, 3.63) is 24.4 Å². The Balaban J connectivity index is 1.94. The average molecular weight is 277 g/mol. The molecule has 1 fully saturated rings. The first-order chi connectivity index (χ1) is 9.37. The number of anilines is 1. The van der Waals surface area contributed by atoms with Crippen LogP contribution in [0.15, 0.2) is 24.4 Å². The van der Waals surface area contributed by atoms with Crippen molar-refractivity contribution in [3.8, 4) is 0 Å². The van der Waals surface area contributed by atoms with Crippen LogP contribution in [-0.4, -0.2) is 47.8 Å². The van der Waals surface area contributed by atoms with Gasteiger partial charge in [0.1, 0.15) is 11.4 Å². The second-order valence-corrected chi connectivity index (χ2v) is 6.17. The molecule has 1 unspecified atom stereocenters. The maximum atomic E-state index is 12.1. The van der Waals surface area contributed by atoms with Gasteiger partial charge in [0.2, 0.25) is 0 Å². The number of pyridine rings is 1. The SMILES string of the molecule is CN(C(=O)OC(C)(C)C)C1CCN(c2ccccn2)C1. The minimum atomic E-state index is -0.454. The molecule has 2 rings (SSSR count). The number of nitrogens with zero attached hydrogens (tertiary/aromatic N) is 3. The molecular weight excluding hydrogens is 254 g/mol. The van der Waals surface area contributed by atoms with Crippen molar-refractivity contribution < 1.29 is 9.53 Å². The van der Waals surface area contributed by atoms with Crippen molar-refractivity contribution in [2.75, 3.05) is 25.0 Å². The molecule has 20 heavy (non-hydrogen) atoms. The van der Waals surface area contributed by atoms with Crippen LogP contribution in [0.4, 0.5) is 10.6 Å². The lowest BCUT2D eigenvalue weighted by molar-refractivity contribution is 0.0238. The van der Waals surface area contributed by atoms with E-state index in [1.807, 2.05) is 39.0 Å². The van der Waals surface area contributed by atoms with Crippen LogP contribution in [0.3, 0.4) is 0 Å². The normalized spacial score (nSPS) is 19.0. The molecule has 0 N–H and O–H groups in total. The van der Waals surface area contributed by atoms with E-state index < -0.39 is 5.60 Å². The van der Waals surface area contributed by atoms with Gasteiger partial charge in [-0.2, -0.15) is 0 Å². The fourth-order valence-corrected chi connectivity index (χ4v) is 2.29. The minimum absolute atomic E-state index is 0.173. The first-order valence-corrected chi connectivity index (χ1v) is 6.98. The topological polar surface area (TPSA) is 45.7 Å². The van der Waals surface area contributed by atoms with E-state index in [0.717, 1.165) is 25.3 Å². The molecule has 0 bridgehead atoms. The Labute approximate surface area is 120 Å². The van der Waals surface area contributed by atoms with Crippen molar-refractivity contribution >= 4 is 11.9 Å². The first kappa shape index (κ1) is 14.6. The molecule has 0 spiro atoms. The van der Waals surface area contributed by atoms with Gasteiger partial charge in [0, 0.05) is 26.3 Å². The fourth-order valence-electron chi connectivity index (χ4n) is 2.29. The van der Waals surface area contributed by atoms with Crippen LogP contribution in [0.2, 0.25) is 0 Å². The number of hydrogen-bond donors (Lipinski definition) is 0. The molecule has 1 aliphatic heterocycles. The van der Waals surface area contributed by atoms with Gasteiger partial charge in [-0.1, -0.05) is 6.07 Å². The van der Waals surface area contributed by atoms with Gasteiger partial charge in [-0.15, -0.1) is 0 Å². The zero-order valence-corrected chi connectivity index (χ0v) is 12.7. The van der Waals surface area contributed by atoms with E-state index in [2.05, 4.69) is 9.88 Å². The summed E-state index contributed by atoms with van der Waals surface area (Å²) in [4.78, 5) is 20.3. The summed E-state index contributed by atoms with van der Waals surface area (Å²) in [6, 6.07) is 6.05. The number of likely N-dealkylation sites (N-methyl/N-ethyl adjacent to an activating group) is 1. The summed E-state index contributed by atoms with van der Waals surface area (Å²) in [6.07, 6.45) is 2.47. The third kappa shape index (κ3) is 3.62. The molecule has 0 aromatic carbocycles. The van der Waals surface area contributed by atoms with Gasteiger partial charge >= 0.3 is 6.09 Å². The summed E-state index contributed by atoms with van der Waals surface area (Å²) in [5.41, 5.74) is -0.454.